The van der Waals surface area contributed by atoms with Crippen LogP contribution in [0.2, 0.25) is 0 Å². The van der Waals surface area contributed by atoms with Crippen LogP contribution in [0.1, 0.15) is 18.4 Å². The average Bonchev–Trinajstić information content (AvgIpc) is 2.56. The van der Waals surface area contributed by atoms with E-state index in [2.05, 4.69) is 10.2 Å². The van der Waals surface area contributed by atoms with Crippen LogP contribution in [-0.2, 0) is 16.0 Å². The van der Waals surface area contributed by atoms with Gasteiger partial charge in [-0.25, -0.2) is 4.79 Å². The van der Waals surface area contributed by atoms with Crippen molar-refractivity contribution in [3.8, 4) is 0 Å². The van der Waals surface area contributed by atoms with Crippen LogP contribution >= 0.6 is 0 Å². The van der Waals surface area contributed by atoms with Crippen molar-refractivity contribution in [2.45, 2.75) is 25.3 Å². The molecule has 0 spiro atoms. The number of fused-ring (bicyclic) bond motifs is 1. The molecular weight excluding hydrogens is 320 g/mol. The molecule has 0 saturated carbocycles. The SMILES string of the molecule is CN(C)CC1CCc2ccccc2N1C(=O)CN1CCC(=O)NC1=O. The number of aryl methyl sites for hydroxylation is 1. The van der Waals surface area contributed by atoms with E-state index >= 15 is 0 Å². The Morgan fingerprint density at radius 1 is 1.24 bits per heavy atom. The van der Waals surface area contributed by atoms with Gasteiger partial charge in [0.25, 0.3) is 0 Å². The minimum Gasteiger partial charge on any atom is -0.315 e. The number of amides is 4. The maximum Gasteiger partial charge on any atom is 0.324 e. The predicted octanol–water partition coefficient (Wildman–Crippen LogP) is 0.838. The molecule has 0 aromatic heterocycles. The monoisotopic (exact) mass is 344 g/mol. The maximum atomic E-state index is 13.0. The number of carbonyl (C=O) groups is 3. The van der Waals surface area contributed by atoms with Crippen molar-refractivity contribution in [2.75, 3.05) is 38.6 Å². The molecule has 1 aromatic carbocycles. The van der Waals surface area contributed by atoms with Gasteiger partial charge in [-0.15, -0.1) is 0 Å². The number of urea groups is 1. The highest BCUT2D eigenvalue weighted by molar-refractivity contribution is 6.01. The van der Waals surface area contributed by atoms with Gasteiger partial charge in [0, 0.05) is 31.2 Å². The van der Waals surface area contributed by atoms with E-state index in [0.717, 1.165) is 30.6 Å². The molecular formula is C18H24N4O3. The average molecular weight is 344 g/mol. The number of likely N-dealkylation sites (N-methyl/N-ethyl adjacent to an activating group) is 1. The van der Waals surface area contributed by atoms with Crippen molar-refractivity contribution in [3.63, 3.8) is 0 Å². The Balaban J connectivity index is 1.81. The lowest BCUT2D eigenvalue weighted by molar-refractivity contribution is -0.124. The number of benzene rings is 1. The van der Waals surface area contributed by atoms with Crippen molar-refractivity contribution in [1.82, 2.24) is 15.1 Å². The smallest absolute Gasteiger partial charge is 0.315 e. The highest BCUT2D eigenvalue weighted by atomic mass is 16.2. The van der Waals surface area contributed by atoms with Crippen molar-refractivity contribution in [1.29, 1.82) is 0 Å². The normalized spacial score (nSPS) is 20.5. The van der Waals surface area contributed by atoms with E-state index in [1.165, 1.54) is 4.90 Å². The van der Waals surface area contributed by atoms with Gasteiger partial charge in [0.15, 0.2) is 0 Å². The van der Waals surface area contributed by atoms with Crippen LogP contribution in [0.15, 0.2) is 24.3 Å². The zero-order chi connectivity index (χ0) is 18.0. The van der Waals surface area contributed by atoms with Crippen LogP contribution in [0.25, 0.3) is 0 Å². The number of rotatable bonds is 4. The molecule has 0 radical (unpaired) electrons. The number of anilines is 1. The summed E-state index contributed by atoms with van der Waals surface area (Å²) in [5.41, 5.74) is 2.09. The zero-order valence-electron chi connectivity index (χ0n) is 14.7. The summed E-state index contributed by atoms with van der Waals surface area (Å²) < 4.78 is 0. The summed E-state index contributed by atoms with van der Waals surface area (Å²) in [6.07, 6.45) is 2.07. The molecule has 2 aliphatic heterocycles. The van der Waals surface area contributed by atoms with Crippen molar-refractivity contribution in [2.24, 2.45) is 0 Å². The van der Waals surface area contributed by atoms with Gasteiger partial charge in [-0.2, -0.15) is 0 Å². The second kappa shape index (κ2) is 7.23. The fourth-order valence-corrected chi connectivity index (χ4v) is 3.53. The molecule has 1 fully saturated rings. The van der Waals surface area contributed by atoms with Gasteiger partial charge in [-0.1, -0.05) is 18.2 Å². The van der Waals surface area contributed by atoms with E-state index in [-0.39, 0.29) is 37.4 Å². The van der Waals surface area contributed by atoms with Gasteiger partial charge in [-0.05, 0) is 38.6 Å². The van der Waals surface area contributed by atoms with Crippen molar-refractivity contribution >= 4 is 23.5 Å². The molecule has 2 heterocycles. The number of hydrogen-bond acceptors (Lipinski definition) is 4. The Morgan fingerprint density at radius 2 is 2.00 bits per heavy atom. The molecule has 1 N–H and O–H groups in total. The van der Waals surface area contributed by atoms with Crippen molar-refractivity contribution in [3.05, 3.63) is 29.8 Å². The first-order valence-corrected chi connectivity index (χ1v) is 8.59. The molecule has 1 saturated heterocycles. The van der Waals surface area contributed by atoms with Gasteiger partial charge in [-0.3, -0.25) is 14.9 Å². The van der Waals surface area contributed by atoms with E-state index in [1.807, 2.05) is 43.3 Å². The quantitative estimate of drug-likeness (QED) is 0.878. The van der Waals surface area contributed by atoms with Gasteiger partial charge < -0.3 is 14.7 Å². The lowest BCUT2D eigenvalue weighted by Gasteiger charge is -2.39. The molecule has 25 heavy (non-hydrogen) atoms. The molecule has 7 nitrogen and oxygen atoms in total. The first-order chi connectivity index (χ1) is 12.0. The molecule has 134 valence electrons. The Kier molecular flexibility index (Phi) is 5.03. The number of carbonyl (C=O) groups excluding carboxylic acids is 3. The minimum absolute atomic E-state index is 0.0165. The molecule has 1 atom stereocenters. The van der Waals surface area contributed by atoms with Crippen LogP contribution in [0.3, 0.4) is 0 Å². The zero-order valence-corrected chi connectivity index (χ0v) is 14.7. The Labute approximate surface area is 147 Å². The highest BCUT2D eigenvalue weighted by Crippen LogP contribution is 2.31. The number of nitrogens with one attached hydrogen (secondary N) is 1. The Morgan fingerprint density at radius 3 is 2.72 bits per heavy atom. The van der Waals surface area contributed by atoms with Crippen LogP contribution in [0.5, 0.6) is 0 Å². The third-order valence-electron chi connectivity index (χ3n) is 4.68. The summed E-state index contributed by atoms with van der Waals surface area (Å²) in [6.45, 7) is 1.03. The van der Waals surface area contributed by atoms with Gasteiger partial charge in [0.05, 0.1) is 0 Å². The van der Waals surface area contributed by atoms with Crippen LogP contribution in [0, 0.1) is 0 Å². The molecule has 1 unspecified atom stereocenters. The molecule has 0 bridgehead atoms. The standard InChI is InChI=1S/C18H24N4O3/c1-20(2)11-14-8-7-13-5-3-4-6-15(13)22(14)17(24)12-21-10-9-16(23)19-18(21)25/h3-6,14H,7-12H2,1-2H3,(H,19,23,25). The summed E-state index contributed by atoms with van der Waals surface area (Å²) in [5.74, 6) is -0.397. The first-order valence-electron chi connectivity index (χ1n) is 8.59. The van der Waals surface area contributed by atoms with E-state index in [1.54, 1.807) is 0 Å². The van der Waals surface area contributed by atoms with Gasteiger partial charge in [0.2, 0.25) is 11.8 Å². The van der Waals surface area contributed by atoms with E-state index in [9.17, 15) is 14.4 Å². The molecule has 1 aromatic rings. The molecule has 4 amide bonds. The lowest BCUT2D eigenvalue weighted by Crippen LogP contribution is -2.56. The summed E-state index contributed by atoms with van der Waals surface area (Å²) in [6, 6.07) is 7.52. The number of imide groups is 1. The van der Waals surface area contributed by atoms with E-state index < -0.39 is 6.03 Å². The van der Waals surface area contributed by atoms with E-state index in [4.69, 9.17) is 0 Å². The summed E-state index contributed by atoms with van der Waals surface area (Å²) in [5, 5.41) is 2.27. The predicted molar refractivity (Wildman–Crippen MR) is 94.3 cm³/mol. The highest BCUT2D eigenvalue weighted by Gasteiger charge is 2.33. The maximum absolute atomic E-state index is 13.0. The molecule has 7 heteroatoms. The molecule has 2 aliphatic rings. The minimum atomic E-state index is -0.487. The summed E-state index contributed by atoms with van der Waals surface area (Å²) >= 11 is 0. The second-order valence-electron chi connectivity index (χ2n) is 6.87. The van der Waals surface area contributed by atoms with Gasteiger partial charge in [0.1, 0.15) is 6.54 Å². The van der Waals surface area contributed by atoms with Crippen molar-refractivity contribution < 1.29 is 14.4 Å². The third kappa shape index (κ3) is 3.82. The summed E-state index contributed by atoms with van der Waals surface area (Å²) in [7, 11) is 3.99. The topological polar surface area (TPSA) is 73.0 Å². The lowest BCUT2D eigenvalue weighted by atomic mass is 9.95. The third-order valence-corrected chi connectivity index (χ3v) is 4.68. The van der Waals surface area contributed by atoms with Crippen LogP contribution in [0.4, 0.5) is 10.5 Å². The first kappa shape index (κ1) is 17.4. The Hall–Kier alpha value is -2.41. The Bertz CT molecular complexity index is 689. The second-order valence-corrected chi connectivity index (χ2v) is 6.87. The van der Waals surface area contributed by atoms with Crippen LogP contribution in [-0.4, -0.2) is 67.4 Å². The van der Waals surface area contributed by atoms with Gasteiger partial charge >= 0.3 is 6.03 Å². The number of hydrogen-bond donors (Lipinski definition) is 1. The summed E-state index contributed by atoms with van der Waals surface area (Å²) in [4.78, 5) is 41.6. The molecule has 0 aliphatic carbocycles. The van der Waals surface area contributed by atoms with E-state index in [0.29, 0.717) is 0 Å². The van der Waals surface area contributed by atoms with Crippen LogP contribution < -0.4 is 10.2 Å². The largest absolute Gasteiger partial charge is 0.324 e. The fourth-order valence-electron chi connectivity index (χ4n) is 3.53. The fraction of sp³-hybridized carbons (Fsp3) is 0.500. The number of nitrogens with zero attached hydrogens (tertiary/aromatic N) is 3. The number of para-hydroxylation sites is 1. The molecule has 3 rings (SSSR count).